The van der Waals surface area contributed by atoms with E-state index in [9.17, 15) is 0 Å². The van der Waals surface area contributed by atoms with Crippen molar-refractivity contribution in [1.29, 1.82) is 0 Å². The van der Waals surface area contributed by atoms with Crippen LogP contribution in [0, 0.1) is 6.92 Å². The lowest BCUT2D eigenvalue weighted by Gasteiger charge is -1.85. The first kappa shape index (κ1) is 9.71. The van der Waals surface area contributed by atoms with E-state index in [0.29, 0.717) is 0 Å². The zero-order chi connectivity index (χ0) is 9.42. The maximum atomic E-state index is 4.43. The normalized spacial score (nSPS) is 10.7. The van der Waals surface area contributed by atoms with Gasteiger partial charge in [0.2, 0.25) is 0 Å². The minimum atomic E-state index is 1.000. The predicted octanol–water partition coefficient (Wildman–Crippen LogP) is 4.23. The molecule has 0 aliphatic rings. The lowest BCUT2D eigenvalue weighted by molar-refractivity contribution is 1.22. The predicted molar refractivity (Wildman–Crippen MR) is 65.1 cm³/mol. The molecule has 0 fully saturated rings. The average molecular weight is 292 g/mol. The van der Waals surface area contributed by atoms with Crippen molar-refractivity contribution in [2.45, 2.75) is 11.1 Å². The molecule has 2 aromatic rings. The van der Waals surface area contributed by atoms with Crippen molar-refractivity contribution >= 4 is 51.2 Å². The molecule has 0 unspecified atom stereocenters. The van der Waals surface area contributed by atoms with E-state index in [0.717, 1.165) is 18.7 Å². The average Bonchev–Trinajstić information content (AvgIpc) is 2.61. The maximum Gasteiger partial charge on any atom is 0.134 e. The highest BCUT2D eigenvalue weighted by atomic mass is 79.9. The van der Waals surface area contributed by atoms with Crippen molar-refractivity contribution in [2.24, 2.45) is 0 Å². The van der Waals surface area contributed by atoms with Gasteiger partial charge in [-0.3, -0.25) is 0 Å². The molecule has 5 heteroatoms. The molecular weight excluding hydrogens is 286 g/mol. The van der Waals surface area contributed by atoms with Gasteiger partial charge < -0.3 is 0 Å². The van der Waals surface area contributed by atoms with Crippen molar-refractivity contribution in [1.82, 2.24) is 4.98 Å². The van der Waals surface area contributed by atoms with Gasteiger partial charge in [-0.25, -0.2) is 4.98 Å². The van der Waals surface area contributed by atoms with E-state index in [1.165, 1.54) is 4.88 Å². The van der Waals surface area contributed by atoms with Crippen LogP contribution in [0.25, 0.3) is 9.88 Å². The standard InChI is InChI=1S/C8H6BrNS3/c1-4-8(11)13-7(10-4)5-2-3-6(9)12-5/h2-3,11H,1H3. The zero-order valence-electron chi connectivity index (χ0n) is 6.74. The van der Waals surface area contributed by atoms with E-state index in [4.69, 9.17) is 0 Å². The van der Waals surface area contributed by atoms with Gasteiger partial charge in [0.15, 0.2) is 0 Å². The number of aryl methyl sites for hydroxylation is 1. The number of rotatable bonds is 1. The fourth-order valence-electron chi connectivity index (χ4n) is 0.923. The van der Waals surface area contributed by atoms with Gasteiger partial charge in [-0.05, 0) is 35.0 Å². The highest BCUT2D eigenvalue weighted by Crippen LogP contribution is 2.35. The molecule has 0 bridgehead atoms. The van der Waals surface area contributed by atoms with Crippen LogP contribution < -0.4 is 0 Å². The van der Waals surface area contributed by atoms with Gasteiger partial charge in [0.05, 0.1) is 18.6 Å². The molecule has 2 aromatic heterocycles. The Morgan fingerprint density at radius 1 is 1.38 bits per heavy atom. The Hall–Kier alpha value is 0.160. The Morgan fingerprint density at radius 3 is 2.62 bits per heavy atom. The number of thiol groups is 1. The first-order valence-corrected chi connectivity index (χ1v) is 6.46. The number of aromatic nitrogens is 1. The summed E-state index contributed by atoms with van der Waals surface area (Å²) in [5.41, 5.74) is 1.01. The Balaban J connectivity index is 2.46. The minimum absolute atomic E-state index is 1.000. The second kappa shape index (κ2) is 3.73. The molecule has 0 saturated carbocycles. The van der Waals surface area contributed by atoms with E-state index in [1.54, 1.807) is 22.7 Å². The van der Waals surface area contributed by atoms with E-state index in [-0.39, 0.29) is 0 Å². The Morgan fingerprint density at radius 2 is 2.15 bits per heavy atom. The first-order chi connectivity index (χ1) is 6.16. The minimum Gasteiger partial charge on any atom is -0.239 e. The number of hydrogen-bond donors (Lipinski definition) is 1. The number of thiazole rings is 1. The molecule has 2 heterocycles. The molecule has 0 saturated heterocycles. The highest BCUT2D eigenvalue weighted by molar-refractivity contribution is 9.11. The summed E-state index contributed by atoms with van der Waals surface area (Å²) in [6, 6.07) is 4.11. The van der Waals surface area contributed by atoms with Crippen LogP contribution in [0.4, 0.5) is 0 Å². The molecular formula is C8H6BrNS3. The summed E-state index contributed by atoms with van der Waals surface area (Å²) in [5, 5.41) is 1.05. The van der Waals surface area contributed by atoms with Crippen LogP contribution in [-0.4, -0.2) is 4.98 Å². The van der Waals surface area contributed by atoms with Gasteiger partial charge in [0.1, 0.15) is 5.01 Å². The number of thiophene rings is 1. The molecule has 0 atom stereocenters. The zero-order valence-corrected chi connectivity index (χ0v) is 10.9. The molecule has 0 N–H and O–H groups in total. The van der Waals surface area contributed by atoms with Gasteiger partial charge >= 0.3 is 0 Å². The van der Waals surface area contributed by atoms with Crippen LogP contribution in [0.2, 0.25) is 0 Å². The second-order valence-electron chi connectivity index (χ2n) is 2.51. The van der Waals surface area contributed by atoms with Crippen molar-refractivity contribution in [3.63, 3.8) is 0 Å². The van der Waals surface area contributed by atoms with Gasteiger partial charge in [-0.2, -0.15) is 0 Å². The third-order valence-corrected chi connectivity index (χ3v) is 4.91. The fourth-order valence-corrected chi connectivity index (χ4v) is 3.48. The summed E-state index contributed by atoms with van der Waals surface area (Å²) in [4.78, 5) is 5.62. The smallest absolute Gasteiger partial charge is 0.134 e. The lowest BCUT2D eigenvalue weighted by Crippen LogP contribution is -1.71. The second-order valence-corrected chi connectivity index (χ2v) is 6.73. The molecule has 13 heavy (non-hydrogen) atoms. The summed E-state index contributed by atoms with van der Waals surface area (Å²) < 4.78 is 2.13. The lowest BCUT2D eigenvalue weighted by atomic mass is 10.5. The van der Waals surface area contributed by atoms with Crippen LogP contribution in [0.15, 0.2) is 20.1 Å². The van der Waals surface area contributed by atoms with Crippen LogP contribution in [0.5, 0.6) is 0 Å². The van der Waals surface area contributed by atoms with Gasteiger partial charge in [0.25, 0.3) is 0 Å². The van der Waals surface area contributed by atoms with Crippen molar-refractivity contribution in [3.8, 4) is 9.88 Å². The molecule has 2 rings (SSSR count). The summed E-state index contributed by atoms with van der Waals surface area (Å²) in [7, 11) is 0. The number of hydrogen-bond acceptors (Lipinski definition) is 4. The maximum absolute atomic E-state index is 4.43. The molecule has 68 valence electrons. The Labute approximate surface area is 98.4 Å². The first-order valence-electron chi connectivity index (χ1n) is 3.59. The van der Waals surface area contributed by atoms with Crippen molar-refractivity contribution < 1.29 is 0 Å². The molecule has 0 radical (unpaired) electrons. The summed E-state index contributed by atoms with van der Waals surface area (Å²) in [5.74, 6) is 0. The van der Waals surface area contributed by atoms with Crippen molar-refractivity contribution in [3.05, 3.63) is 21.6 Å². The van der Waals surface area contributed by atoms with Crippen LogP contribution in [-0.2, 0) is 0 Å². The van der Waals surface area contributed by atoms with Crippen LogP contribution >= 0.6 is 51.2 Å². The van der Waals surface area contributed by atoms with Crippen LogP contribution in [0.3, 0.4) is 0 Å². The van der Waals surface area contributed by atoms with E-state index in [1.807, 2.05) is 13.0 Å². The van der Waals surface area contributed by atoms with Crippen LogP contribution in [0.1, 0.15) is 5.69 Å². The summed E-state index contributed by atoms with van der Waals surface area (Å²) >= 11 is 11.1. The highest BCUT2D eigenvalue weighted by Gasteiger charge is 2.08. The molecule has 0 aliphatic carbocycles. The molecule has 1 nitrogen and oxygen atoms in total. The van der Waals surface area contributed by atoms with Gasteiger partial charge in [0, 0.05) is 0 Å². The van der Waals surface area contributed by atoms with E-state index < -0.39 is 0 Å². The topological polar surface area (TPSA) is 12.9 Å². The SMILES string of the molecule is Cc1nc(-c2ccc(Br)s2)sc1S. The van der Waals surface area contributed by atoms with E-state index >= 15 is 0 Å². The summed E-state index contributed by atoms with van der Waals surface area (Å²) in [6.07, 6.45) is 0. The monoisotopic (exact) mass is 291 g/mol. The molecule has 0 spiro atoms. The number of halogens is 1. The van der Waals surface area contributed by atoms with Crippen molar-refractivity contribution in [2.75, 3.05) is 0 Å². The number of nitrogens with zero attached hydrogens (tertiary/aromatic N) is 1. The Kier molecular flexibility index (Phi) is 2.78. The largest absolute Gasteiger partial charge is 0.239 e. The van der Waals surface area contributed by atoms with E-state index in [2.05, 4.69) is 39.6 Å². The molecule has 0 amide bonds. The third kappa shape index (κ3) is 1.98. The molecule has 0 aliphatic heterocycles. The fraction of sp³-hybridized carbons (Fsp3) is 0.125. The molecule has 0 aromatic carbocycles. The summed E-state index contributed by atoms with van der Waals surface area (Å²) in [6.45, 7) is 1.98. The van der Waals surface area contributed by atoms with Gasteiger partial charge in [-0.1, -0.05) is 0 Å². The van der Waals surface area contributed by atoms with Gasteiger partial charge in [-0.15, -0.1) is 35.3 Å². The third-order valence-electron chi connectivity index (χ3n) is 1.56. The quantitative estimate of drug-likeness (QED) is 0.776. The Bertz CT molecular complexity index is 413.